The molecule has 1 fully saturated rings. The number of aromatic nitrogens is 2. The van der Waals surface area contributed by atoms with Crippen LogP contribution in [-0.2, 0) is 9.59 Å². The number of rotatable bonds is 5. The van der Waals surface area contributed by atoms with Crippen LogP contribution in [0.15, 0.2) is 30.6 Å². The number of halogens is 1. The minimum Gasteiger partial charge on any atom is -0.371 e. The standard InChI is InChI=1S/C17H20FN5O2/c1-10-3-4-14(13(18)7-10)22-16(24)11(2)21-12-8-20-23(9-12)15-5-6-19-17(15)25/h3-4,7-9,11,15,21H,5-6H2,1-2H3,(H,19,25)(H,22,24). The van der Waals surface area contributed by atoms with Crippen molar-refractivity contribution in [1.29, 1.82) is 0 Å². The van der Waals surface area contributed by atoms with Crippen LogP contribution in [0.2, 0.25) is 0 Å². The summed E-state index contributed by atoms with van der Waals surface area (Å²) in [6.45, 7) is 4.08. The summed E-state index contributed by atoms with van der Waals surface area (Å²) in [6, 6.07) is 3.71. The van der Waals surface area contributed by atoms with Gasteiger partial charge in [0.15, 0.2) is 0 Å². The zero-order valence-electron chi connectivity index (χ0n) is 14.0. The predicted molar refractivity (Wildman–Crippen MR) is 91.7 cm³/mol. The van der Waals surface area contributed by atoms with Gasteiger partial charge < -0.3 is 16.0 Å². The van der Waals surface area contributed by atoms with E-state index in [0.29, 0.717) is 18.7 Å². The van der Waals surface area contributed by atoms with Crippen LogP contribution in [0.3, 0.4) is 0 Å². The zero-order chi connectivity index (χ0) is 18.0. The topological polar surface area (TPSA) is 88.1 Å². The van der Waals surface area contributed by atoms with E-state index in [-0.39, 0.29) is 23.5 Å². The fourth-order valence-corrected chi connectivity index (χ4v) is 2.69. The number of nitrogens with zero attached hydrogens (tertiary/aromatic N) is 2. The maximum atomic E-state index is 13.8. The Balaban J connectivity index is 1.61. The van der Waals surface area contributed by atoms with E-state index in [4.69, 9.17) is 0 Å². The molecule has 1 aromatic carbocycles. The van der Waals surface area contributed by atoms with Crippen LogP contribution >= 0.6 is 0 Å². The normalized spacial score (nSPS) is 17.9. The van der Waals surface area contributed by atoms with E-state index in [1.807, 2.05) is 0 Å². The van der Waals surface area contributed by atoms with E-state index >= 15 is 0 Å². The van der Waals surface area contributed by atoms with Crippen molar-refractivity contribution in [2.24, 2.45) is 0 Å². The van der Waals surface area contributed by atoms with Crippen LogP contribution in [0.1, 0.15) is 24.9 Å². The molecule has 2 atom stereocenters. The fourth-order valence-electron chi connectivity index (χ4n) is 2.69. The van der Waals surface area contributed by atoms with Crippen LogP contribution in [0.4, 0.5) is 15.8 Å². The Morgan fingerprint density at radius 1 is 1.48 bits per heavy atom. The molecule has 7 nitrogen and oxygen atoms in total. The number of hydrogen-bond acceptors (Lipinski definition) is 4. The molecule has 0 aliphatic carbocycles. The van der Waals surface area contributed by atoms with Crippen molar-refractivity contribution < 1.29 is 14.0 Å². The summed E-state index contributed by atoms with van der Waals surface area (Å²) in [5.74, 6) is -0.898. The van der Waals surface area contributed by atoms with Gasteiger partial charge in [-0.05, 0) is 38.0 Å². The molecule has 0 spiro atoms. The van der Waals surface area contributed by atoms with Gasteiger partial charge in [-0.1, -0.05) is 6.07 Å². The first-order chi connectivity index (χ1) is 11.9. The number of anilines is 2. The molecule has 3 rings (SSSR count). The summed E-state index contributed by atoms with van der Waals surface area (Å²) < 4.78 is 15.4. The lowest BCUT2D eigenvalue weighted by atomic mass is 10.2. The van der Waals surface area contributed by atoms with Gasteiger partial charge in [-0.15, -0.1) is 0 Å². The van der Waals surface area contributed by atoms with Crippen LogP contribution in [-0.4, -0.2) is 34.2 Å². The summed E-state index contributed by atoms with van der Waals surface area (Å²) in [5, 5.41) is 12.5. The number of carbonyl (C=O) groups excluding carboxylic acids is 2. The Bertz CT molecular complexity index is 804. The third-order valence-corrected chi connectivity index (χ3v) is 4.10. The van der Waals surface area contributed by atoms with Crippen LogP contribution in [0, 0.1) is 12.7 Å². The molecule has 2 unspecified atom stereocenters. The van der Waals surface area contributed by atoms with E-state index in [2.05, 4.69) is 21.0 Å². The summed E-state index contributed by atoms with van der Waals surface area (Å²) in [7, 11) is 0. The van der Waals surface area contributed by atoms with Crippen molar-refractivity contribution in [3.8, 4) is 0 Å². The van der Waals surface area contributed by atoms with Gasteiger partial charge in [0.25, 0.3) is 0 Å². The van der Waals surface area contributed by atoms with Crippen molar-refractivity contribution in [2.75, 3.05) is 17.2 Å². The molecule has 2 aromatic rings. The first-order valence-electron chi connectivity index (χ1n) is 8.09. The first-order valence-corrected chi connectivity index (χ1v) is 8.09. The number of amides is 2. The molecule has 25 heavy (non-hydrogen) atoms. The highest BCUT2D eigenvalue weighted by molar-refractivity contribution is 5.96. The van der Waals surface area contributed by atoms with Gasteiger partial charge in [0.1, 0.15) is 17.9 Å². The SMILES string of the molecule is Cc1ccc(NC(=O)C(C)Nc2cnn(C3CCNC3=O)c2)c(F)c1. The van der Waals surface area contributed by atoms with E-state index in [1.165, 1.54) is 12.1 Å². The third kappa shape index (κ3) is 3.78. The minimum atomic E-state index is -0.601. The number of carbonyl (C=O) groups is 2. The quantitative estimate of drug-likeness (QED) is 0.771. The molecule has 2 heterocycles. The van der Waals surface area contributed by atoms with Gasteiger partial charge >= 0.3 is 0 Å². The maximum Gasteiger partial charge on any atom is 0.246 e. The highest BCUT2D eigenvalue weighted by atomic mass is 19.1. The predicted octanol–water partition coefficient (Wildman–Crippen LogP) is 1.83. The molecule has 8 heteroatoms. The van der Waals surface area contributed by atoms with Crippen LogP contribution in [0.5, 0.6) is 0 Å². The monoisotopic (exact) mass is 345 g/mol. The van der Waals surface area contributed by atoms with E-state index in [0.717, 1.165) is 5.56 Å². The average molecular weight is 345 g/mol. The lowest BCUT2D eigenvalue weighted by molar-refractivity contribution is -0.122. The summed E-state index contributed by atoms with van der Waals surface area (Å²) >= 11 is 0. The summed E-state index contributed by atoms with van der Waals surface area (Å²) in [5.41, 5.74) is 1.54. The van der Waals surface area contributed by atoms with E-state index in [1.54, 1.807) is 37.0 Å². The fraction of sp³-hybridized carbons (Fsp3) is 0.353. The van der Waals surface area contributed by atoms with Crippen molar-refractivity contribution in [3.05, 3.63) is 42.0 Å². The highest BCUT2D eigenvalue weighted by Crippen LogP contribution is 2.19. The smallest absolute Gasteiger partial charge is 0.246 e. The van der Waals surface area contributed by atoms with E-state index < -0.39 is 11.9 Å². The second-order valence-electron chi connectivity index (χ2n) is 6.14. The van der Waals surface area contributed by atoms with Gasteiger partial charge in [-0.3, -0.25) is 14.3 Å². The van der Waals surface area contributed by atoms with Crippen molar-refractivity contribution in [1.82, 2.24) is 15.1 Å². The molecule has 1 aromatic heterocycles. The molecular weight excluding hydrogens is 325 g/mol. The highest BCUT2D eigenvalue weighted by Gasteiger charge is 2.26. The summed E-state index contributed by atoms with van der Waals surface area (Å²) in [6.07, 6.45) is 3.93. The molecular formula is C17H20FN5O2. The summed E-state index contributed by atoms with van der Waals surface area (Å²) in [4.78, 5) is 23.9. The Morgan fingerprint density at radius 3 is 2.96 bits per heavy atom. The van der Waals surface area contributed by atoms with Crippen molar-refractivity contribution in [3.63, 3.8) is 0 Å². The Labute approximate surface area is 144 Å². The van der Waals surface area contributed by atoms with Gasteiger partial charge in [-0.2, -0.15) is 5.10 Å². The molecule has 1 saturated heterocycles. The van der Waals surface area contributed by atoms with Gasteiger partial charge in [-0.25, -0.2) is 4.39 Å². The zero-order valence-corrected chi connectivity index (χ0v) is 14.0. The largest absolute Gasteiger partial charge is 0.371 e. The third-order valence-electron chi connectivity index (χ3n) is 4.10. The molecule has 132 valence electrons. The van der Waals surface area contributed by atoms with E-state index in [9.17, 15) is 14.0 Å². The number of nitrogens with one attached hydrogen (secondary N) is 3. The Hall–Kier alpha value is -2.90. The average Bonchev–Trinajstić information content (AvgIpc) is 3.18. The number of benzene rings is 1. The molecule has 2 amide bonds. The molecule has 3 N–H and O–H groups in total. The Morgan fingerprint density at radius 2 is 2.28 bits per heavy atom. The molecule has 0 bridgehead atoms. The number of hydrogen-bond donors (Lipinski definition) is 3. The molecule has 0 saturated carbocycles. The van der Waals surface area contributed by atoms with Gasteiger partial charge in [0.05, 0.1) is 17.6 Å². The first kappa shape index (κ1) is 16.9. The number of aryl methyl sites for hydroxylation is 1. The molecule has 0 radical (unpaired) electrons. The second kappa shape index (κ2) is 6.92. The van der Waals surface area contributed by atoms with Crippen LogP contribution in [0.25, 0.3) is 0 Å². The van der Waals surface area contributed by atoms with Crippen molar-refractivity contribution in [2.45, 2.75) is 32.4 Å². The van der Waals surface area contributed by atoms with Crippen molar-refractivity contribution >= 4 is 23.2 Å². The second-order valence-corrected chi connectivity index (χ2v) is 6.14. The minimum absolute atomic E-state index is 0.0599. The van der Waals surface area contributed by atoms with Crippen LogP contribution < -0.4 is 16.0 Å². The maximum absolute atomic E-state index is 13.8. The lowest BCUT2D eigenvalue weighted by Gasteiger charge is -2.14. The molecule has 1 aliphatic rings. The molecule has 1 aliphatic heterocycles. The Kier molecular flexibility index (Phi) is 4.69. The van der Waals surface area contributed by atoms with Gasteiger partial charge in [0.2, 0.25) is 11.8 Å². The lowest BCUT2D eigenvalue weighted by Crippen LogP contribution is -2.32. The van der Waals surface area contributed by atoms with Gasteiger partial charge in [0, 0.05) is 12.7 Å².